The first-order valence-electron chi connectivity index (χ1n) is 15.4. The van der Waals surface area contributed by atoms with Crippen LogP contribution in [0.5, 0.6) is 5.75 Å². The van der Waals surface area contributed by atoms with Crippen molar-refractivity contribution in [3.63, 3.8) is 0 Å². The number of ether oxygens (including phenoxy) is 3. The standard InChI is InChI=1S/C34H42N8O5/c1-45-30-12-8-27(9-13-30)23-38-33-40-32(37-16-14-25-2-4-28(24-43)5-3-25)41-34(42-33)39-29-10-6-26(7-11-29)22-31(44)36-17-19-47-21-20-46-18-15-35/h2-13,24H,14-23,35H2,1H3,(H,36,44)(H3,37,38,39,40,41,42). The molecule has 0 unspecified atom stereocenters. The van der Waals surface area contributed by atoms with Crippen LogP contribution in [0, 0.1) is 0 Å². The number of hydrogen-bond donors (Lipinski definition) is 5. The third kappa shape index (κ3) is 12.7. The number of methoxy groups -OCH3 is 1. The van der Waals surface area contributed by atoms with Gasteiger partial charge in [-0.3, -0.25) is 9.59 Å². The number of nitrogens with two attached hydrogens (primary N) is 1. The van der Waals surface area contributed by atoms with Crippen molar-refractivity contribution in [2.75, 3.05) is 69.1 Å². The van der Waals surface area contributed by atoms with Crippen molar-refractivity contribution in [3.8, 4) is 5.75 Å². The van der Waals surface area contributed by atoms with Crippen molar-refractivity contribution in [1.29, 1.82) is 0 Å². The number of aldehydes is 1. The van der Waals surface area contributed by atoms with Crippen molar-refractivity contribution >= 4 is 35.7 Å². The lowest BCUT2D eigenvalue weighted by Gasteiger charge is -2.12. The summed E-state index contributed by atoms with van der Waals surface area (Å²) in [6.07, 6.45) is 1.79. The van der Waals surface area contributed by atoms with Crippen LogP contribution < -0.4 is 31.7 Å². The molecule has 0 saturated heterocycles. The molecule has 0 aliphatic heterocycles. The molecule has 13 heteroatoms. The molecule has 248 valence electrons. The van der Waals surface area contributed by atoms with Gasteiger partial charge in [0.25, 0.3) is 0 Å². The fourth-order valence-corrected chi connectivity index (χ4v) is 4.35. The summed E-state index contributed by atoms with van der Waals surface area (Å²) in [6.45, 7) is 3.84. The van der Waals surface area contributed by atoms with E-state index in [1.165, 1.54) is 0 Å². The highest BCUT2D eigenvalue weighted by molar-refractivity contribution is 5.78. The fraction of sp³-hybridized carbons (Fsp3) is 0.324. The summed E-state index contributed by atoms with van der Waals surface area (Å²) in [5, 5.41) is 12.6. The van der Waals surface area contributed by atoms with Gasteiger partial charge in [0.2, 0.25) is 23.8 Å². The van der Waals surface area contributed by atoms with Crippen LogP contribution in [0.4, 0.5) is 23.5 Å². The Kier molecular flexibility index (Phi) is 14.4. The number of rotatable bonds is 21. The molecule has 3 aromatic carbocycles. The van der Waals surface area contributed by atoms with Gasteiger partial charge in [0.05, 0.1) is 40.0 Å². The minimum absolute atomic E-state index is 0.0888. The van der Waals surface area contributed by atoms with Gasteiger partial charge in [-0.25, -0.2) is 0 Å². The molecule has 0 bridgehead atoms. The monoisotopic (exact) mass is 642 g/mol. The van der Waals surface area contributed by atoms with Crippen LogP contribution in [0.15, 0.2) is 72.8 Å². The van der Waals surface area contributed by atoms with E-state index >= 15 is 0 Å². The van der Waals surface area contributed by atoms with Gasteiger partial charge in [-0.2, -0.15) is 15.0 Å². The molecule has 0 spiro atoms. The van der Waals surface area contributed by atoms with Crippen molar-refractivity contribution in [3.05, 3.63) is 95.1 Å². The van der Waals surface area contributed by atoms with Gasteiger partial charge < -0.3 is 41.2 Å². The lowest BCUT2D eigenvalue weighted by atomic mass is 10.1. The van der Waals surface area contributed by atoms with Gasteiger partial charge in [-0.1, -0.05) is 48.5 Å². The van der Waals surface area contributed by atoms with E-state index in [-0.39, 0.29) is 12.3 Å². The van der Waals surface area contributed by atoms with Gasteiger partial charge in [0.1, 0.15) is 12.0 Å². The summed E-state index contributed by atoms with van der Waals surface area (Å²) >= 11 is 0. The second-order valence-electron chi connectivity index (χ2n) is 10.4. The van der Waals surface area contributed by atoms with Gasteiger partial charge in [-0.05, 0) is 47.4 Å². The van der Waals surface area contributed by atoms with Crippen molar-refractivity contribution in [1.82, 2.24) is 20.3 Å². The first-order chi connectivity index (χ1) is 23.0. The van der Waals surface area contributed by atoms with E-state index in [9.17, 15) is 9.59 Å². The second-order valence-corrected chi connectivity index (χ2v) is 10.4. The third-order valence-electron chi connectivity index (χ3n) is 6.84. The van der Waals surface area contributed by atoms with E-state index in [1.807, 2.05) is 60.7 Å². The van der Waals surface area contributed by atoms with Crippen LogP contribution in [0.2, 0.25) is 0 Å². The van der Waals surface area contributed by atoms with Crippen LogP contribution in [0.3, 0.4) is 0 Å². The number of carbonyl (C=O) groups is 2. The average Bonchev–Trinajstić information content (AvgIpc) is 3.10. The van der Waals surface area contributed by atoms with Crippen molar-refractivity contribution in [2.45, 2.75) is 19.4 Å². The molecule has 0 atom stereocenters. The number of carbonyl (C=O) groups excluding carboxylic acids is 2. The highest BCUT2D eigenvalue weighted by atomic mass is 16.5. The zero-order chi connectivity index (χ0) is 33.1. The van der Waals surface area contributed by atoms with Gasteiger partial charge >= 0.3 is 0 Å². The molecule has 4 rings (SSSR count). The molecule has 0 aliphatic carbocycles. The molecule has 1 amide bonds. The van der Waals surface area contributed by atoms with E-state index in [1.54, 1.807) is 19.2 Å². The molecular formula is C34H42N8O5. The van der Waals surface area contributed by atoms with Crippen molar-refractivity contribution in [2.24, 2.45) is 5.73 Å². The van der Waals surface area contributed by atoms with Gasteiger partial charge in [-0.15, -0.1) is 0 Å². The number of anilines is 4. The highest BCUT2D eigenvalue weighted by Gasteiger charge is 2.09. The molecule has 0 aliphatic rings. The van der Waals surface area contributed by atoms with E-state index < -0.39 is 0 Å². The Bertz CT molecular complexity index is 1520. The maximum atomic E-state index is 12.4. The number of nitrogens with one attached hydrogen (secondary N) is 4. The maximum absolute atomic E-state index is 12.4. The zero-order valence-corrected chi connectivity index (χ0v) is 26.5. The summed E-state index contributed by atoms with van der Waals surface area (Å²) in [4.78, 5) is 37.0. The molecule has 0 fully saturated rings. The van der Waals surface area contributed by atoms with Crippen LogP contribution in [0.1, 0.15) is 27.0 Å². The number of amides is 1. The fourth-order valence-electron chi connectivity index (χ4n) is 4.35. The maximum Gasteiger partial charge on any atom is 0.233 e. The topological polar surface area (TPSA) is 175 Å². The third-order valence-corrected chi connectivity index (χ3v) is 6.84. The van der Waals surface area contributed by atoms with Gasteiger partial charge in [0.15, 0.2) is 0 Å². The van der Waals surface area contributed by atoms with Crippen LogP contribution >= 0.6 is 0 Å². The average molecular weight is 643 g/mol. The Hall–Kier alpha value is -5.11. The van der Waals surface area contributed by atoms with Crippen LogP contribution in [-0.4, -0.2) is 80.3 Å². The molecule has 1 heterocycles. The van der Waals surface area contributed by atoms with E-state index in [0.29, 0.717) is 82.4 Å². The Morgan fingerprint density at radius 3 is 2.06 bits per heavy atom. The smallest absolute Gasteiger partial charge is 0.233 e. The molecular weight excluding hydrogens is 600 g/mol. The Morgan fingerprint density at radius 1 is 0.745 bits per heavy atom. The Morgan fingerprint density at radius 2 is 1.38 bits per heavy atom. The van der Waals surface area contributed by atoms with Gasteiger partial charge in [0, 0.05) is 37.4 Å². The first kappa shape index (κ1) is 34.8. The van der Waals surface area contributed by atoms with Crippen LogP contribution in [0.25, 0.3) is 0 Å². The molecule has 13 nitrogen and oxygen atoms in total. The van der Waals surface area contributed by atoms with Crippen molar-refractivity contribution < 1.29 is 23.8 Å². The Balaban J connectivity index is 1.33. The summed E-state index contributed by atoms with van der Waals surface area (Å²) < 4.78 is 15.9. The molecule has 47 heavy (non-hydrogen) atoms. The summed E-state index contributed by atoms with van der Waals surface area (Å²) in [5.41, 5.74) is 9.75. The number of nitrogens with zero attached hydrogens (tertiary/aromatic N) is 3. The minimum atomic E-state index is -0.0888. The predicted octanol–water partition coefficient (Wildman–Crippen LogP) is 3.35. The molecule has 1 aromatic heterocycles. The minimum Gasteiger partial charge on any atom is -0.497 e. The predicted molar refractivity (Wildman–Crippen MR) is 181 cm³/mol. The summed E-state index contributed by atoms with van der Waals surface area (Å²) in [6, 6.07) is 22.7. The second kappa shape index (κ2) is 19.4. The number of hydrogen-bond acceptors (Lipinski definition) is 12. The zero-order valence-electron chi connectivity index (χ0n) is 26.5. The molecule has 0 radical (unpaired) electrons. The largest absolute Gasteiger partial charge is 0.497 e. The first-order valence-corrected chi connectivity index (χ1v) is 15.4. The number of benzene rings is 3. The summed E-state index contributed by atoms with van der Waals surface area (Å²) in [7, 11) is 1.63. The lowest BCUT2D eigenvalue weighted by Crippen LogP contribution is -2.29. The van der Waals surface area contributed by atoms with E-state index in [2.05, 4.69) is 36.2 Å². The molecule has 0 saturated carbocycles. The normalized spacial score (nSPS) is 10.7. The van der Waals surface area contributed by atoms with Crippen LogP contribution in [-0.2, 0) is 33.7 Å². The molecule has 4 aromatic rings. The Labute approximate surface area is 274 Å². The quantitative estimate of drug-likeness (QED) is 0.0663. The summed E-state index contributed by atoms with van der Waals surface area (Å²) in [5.74, 6) is 1.86. The van der Waals surface area contributed by atoms with E-state index in [4.69, 9.17) is 19.9 Å². The number of aromatic nitrogens is 3. The highest BCUT2D eigenvalue weighted by Crippen LogP contribution is 2.18. The lowest BCUT2D eigenvalue weighted by molar-refractivity contribution is -0.120. The SMILES string of the molecule is COc1ccc(CNc2nc(NCCc3ccc(C=O)cc3)nc(Nc3ccc(CC(=O)NCCOCCOCCN)cc3)n2)cc1. The molecule has 6 N–H and O–H groups in total. The van der Waals surface area contributed by atoms with E-state index in [0.717, 1.165) is 34.4 Å².